The second-order valence-electron chi connectivity index (χ2n) is 8.04. The Morgan fingerprint density at radius 1 is 1.17 bits per heavy atom. The Morgan fingerprint density at radius 2 is 1.97 bits per heavy atom. The van der Waals surface area contributed by atoms with Gasteiger partial charge in [-0.1, -0.05) is 50.2 Å². The molecule has 6 nitrogen and oxygen atoms in total. The van der Waals surface area contributed by atoms with Crippen LogP contribution in [0, 0.1) is 5.92 Å². The van der Waals surface area contributed by atoms with Crippen LogP contribution in [0.3, 0.4) is 0 Å². The van der Waals surface area contributed by atoms with Crippen molar-refractivity contribution in [2.75, 3.05) is 5.32 Å². The molecule has 154 valence electrons. The summed E-state index contributed by atoms with van der Waals surface area (Å²) in [5.74, 6) is 0.690. The van der Waals surface area contributed by atoms with E-state index < -0.39 is 6.04 Å². The average molecular weight is 403 g/mol. The van der Waals surface area contributed by atoms with Crippen LogP contribution in [-0.2, 0) is 22.6 Å². The summed E-state index contributed by atoms with van der Waals surface area (Å²) in [6.07, 6.45) is 3.93. The molecule has 0 bridgehead atoms. The first-order chi connectivity index (χ1) is 14.5. The van der Waals surface area contributed by atoms with Crippen molar-refractivity contribution in [3.05, 3.63) is 72.2 Å². The molecule has 6 heteroatoms. The van der Waals surface area contributed by atoms with Crippen molar-refractivity contribution in [3.63, 3.8) is 0 Å². The number of anilines is 1. The summed E-state index contributed by atoms with van der Waals surface area (Å²) in [5.41, 5.74) is 3.70. The van der Waals surface area contributed by atoms with Gasteiger partial charge >= 0.3 is 0 Å². The average Bonchev–Trinajstić information content (AvgIpc) is 3.27. The number of benzene rings is 2. The van der Waals surface area contributed by atoms with Crippen molar-refractivity contribution >= 4 is 17.5 Å². The van der Waals surface area contributed by atoms with Crippen LogP contribution in [-0.4, -0.2) is 27.7 Å². The van der Waals surface area contributed by atoms with Gasteiger partial charge in [0.25, 0.3) is 0 Å². The van der Waals surface area contributed by atoms with Gasteiger partial charge in [0.2, 0.25) is 11.8 Å². The van der Waals surface area contributed by atoms with E-state index in [4.69, 9.17) is 4.42 Å². The Hall–Kier alpha value is -3.41. The lowest BCUT2D eigenvalue weighted by atomic mass is 9.92. The van der Waals surface area contributed by atoms with Gasteiger partial charge < -0.3 is 14.6 Å². The Bertz CT molecular complexity index is 1040. The predicted octanol–water partition coefficient (Wildman–Crippen LogP) is 4.28. The van der Waals surface area contributed by atoms with Crippen molar-refractivity contribution in [3.8, 4) is 11.3 Å². The first kappa shape index (κ1) is 19.9. The van der Waals surface area contributed by atoms with Gasteiger partial charge in [0.1, 0.15) is 6.04 Å². The molecule has 0 aliphatic carbocycles. The van der Waals surface area contributed by atoms with Crippen molar-refractivity contribution in [2.45, 2.75) is 39.3 Å². The van der Waals surface area contributed by atoms with E-state index in [-0.39, 0.29) is 17.7 Å². The van der Waals surface area contributed by atoms with Gasteiger partial charge in [0.15, 0.2) is 12.2 Å². The Kier molecular flexibility index (Phi) is 5.65. The number of hydrogen-bond acceptors (Lipinski definition) is 4. The fourth-order valence-electron chi connectivity index (χ4n) is 3.82. The quantitative estimate of drug-likeness (QED) is 0.690. The number of amides is 2. The minimum absolute atomic E-state index is 0.00932. The molecule has 0 fully saturated rings. The van der Waals surface area contributed by atoms with Crippen LogP contribution >= 0.6 is 0 Å². The molecular formula is C24H25N3O3. The van der Waals surface area contributed by atoms with Crippen LogP contribution in [0.15, 0.2) is 65.5 Å². The van der Waals surface area contributed by atoms with Gasteiger partial charge in [0.05, 0.1) is 6.20 Å². The molecule has 1 aliphatic heterocycles. The van der Waals surface area contributed by atoms with Gasteiger partial charge in [-0.25, -0.2) is 4.98 Å². The number of carbonyl (C=O) groups excluding carboxylic acids is 2. The number of fused-ring (bicyclic) bond motifs is 1. The molecule has 4 rings (SSSR count). The molecule has 2 amide bonds. The summed E-state index contributed by atoms with van der Waals surface area (Å²) in [6.45, 7) is 4.48. The third kappa shape index (κ3) is 4.27. The molecule has 0 saturated heterocycles. The summed E-state index contributed by atoms with van der Waals surface area (Å²) in [5, 5.41) is 2.99. The van der Waals surface area contributed by atoms with Gasteiger partial charge in [0, 0.05) is 30.6 Å². The second-order valence-corrected chi connectivity index (χ2v) is 8.04. The van der Waals surface area contributed by atoms with Crippen LogP contribution in [0.5, 0.6) is 0 Å². The monoisotopic (exact) mass is 403 g/mol. The first-order valence-electron chi connectivity index (χ1n) is 10.2. The predicted molar refractivity (Wildman–Crippen MR) is 115 cm³/mol. The maximum atomic E-state index is 13.2. The lowest BCUT2D eigenvalue weighted by Crippen LogP contribution is -2.50. The standard InChI is InChI=1S/C24H25N3O3/c1-16(2)10-23(28)27-14-19-7-4-3-6-17(19)12-21(27)24(29)26-20-9-5-8-18(11-20)22-13-25-15-30-22/h3-9,11,13,15-16,21H,10,12,14H2,1-2H3,(H,26,29). The highest BCUT2D eigenvalue weighted by atomic mass is 16.3. The van der Waals surface area contributed by atoms with Crippen LogP contribution < -0.4 is 5.32 Å². The zero-order valence-electron chi connectivity index (χ0n) is 17.2. The fourth-order valence-corrected chi connectivity index (χ4v) is 3.82. The highest BCUT2D eigenvalue weighted by Crippen LogP contribution is 2.27. The van der Waals surface area contributed by atoms with E-state index in [0.29, 0.717) is 30.8 Å². The number of oxazole rings is 1. The molecule has 1 atom stereocenters. The van der Waals surface area contributed by atoms with Crippen LogP contribution in [0.2, 0.25) is 0 Å². The van der Waals surface area contributed by atoms with E-state index in [1.165, 1.54) is 6.39 Å². The van der Waals surface area contributed by atoms with Crippen LogP contribution in [0.4, 0.5) is 5.69 Å². The van der Waals surface area contributed by atoms with E-state index in [9.17, 15) is 9.59 Å². The minimum atomic E-state index is -0.542. The SMILES string of the molecule is CC(C)CC(=O)N1Cc2ccccc2CC1C(=O)Nc1cccc(-c2cnco2)c1. The largest absolute Gasteiger partial charge is 0.444 e. The first-order valence-corrected chi connectivity index (χ1v) is 10.2. The van der Waals surface area contributed by atoms with E-state index in [1.54, 1.807) is 11.1 Å². The topological polar surface area (TPSA) is 75.4 Å². The summed E-state index contributed by atoms with van der Waals surface area (Å²) in [7, 11) is 0. The molecule has 3 aromatic rings. The van der Waals surface area contributed by atoms with Crippen molar-refractivity contribution in [1.29, 1.82) is 0 Å². The Morgan fingerprint density at radius 3 is 2.70 bits per heavy atom. The molecule has 2 heterocycles. The molecule has 1 aliphatic rings. The van der Waals surface area contributed by atoms with Crippen LogP contribution in [0.1, 0.15) is 31.4 Å². The molecule has 1 N–H and O–H groups in total. The maximum Gasteiger partial charge on any atom is 0.247 e. The van der Waals surface area contributed by atoms with E-state index >= 15 is 0 Å². The number of hydrogen-bond donors (Lipinski definition) is 1. The molecule has 1 unspecified atom stereocenters. The zero-order valence-corrected chi connectivity index (χ0v) is 17.2. The van der Waals surface area contributed by atoms with Crippen LogP contribution in [0.25, 0.3) is 11.3 Å². The Labute approximate surface area is 175 Å². The third-order valence-corrected chi connectivity index (χ3v) is 5.30. The van der Waals surface area contributed by atoms with Gasteiger partial charge in [-0.05, 0) is 29.2 Å². The molecule has 0 radical (unpaired) electrons. The lowest BCUT2D eigenvalue weighted by molar-refractivity contribution is -0.140. The molecule has 0 saturated carbocycles. The summed E-state index contributed by atoms with van der Waals surface area (Å²) >= 11 is 0. The number of carbonyl (C=O) groups is 2. The molecule has 2 aromatic carbocycles. The number of aromatic nitrogens is 1. The highest BCUT2D eigenvalue weighted by Gasteiger charge is 2.34. The number of nitrogens with one attached hydrogen (secondary N) is 1. The zero-order chi connectivity index (χ0) is 21.1. The highest BCUT2D eigenvalue weighted by molar-refractivity contribution is 5.98. The summed E-state index contributed by atoms with van der Waals surface area (Å²) < 4.78 is 5.34. The van der Waals surface area contributed by atoms with Crippen molar-refractivity contribution in [2.24, 2.45) is 5.92 Å². The Balaban J connectivity index is 1.57. The van der Waals surface area contributed by atoms with E-state index in [1.807, 2.05) is 62.4 Å². The fraction of sp³-hybridized carbons (Fsp3) is 0.292. The van der Waals surface area contributed by atoms with Crippen molar-refractivity contribution < 1.29 is 14.0 Å². The van der Waals surface area contributed by atoms with Crippen molar-refractivity contribution in [1.82, 2.24) is 9.88 Å². The molecule has 1 aromatic heterocycles. The lowest BCUT2D eigenvalue weighted by Gasteiger charge is -2.36. The summed E-state index contributed by atoms with van der Waals surface area (Å²) in [6, 6.07) is 14.9. The van der Waals surface area contributed by atoms with Gasteiger partial charge in [-0.15, -0.1) is 0 Å². The second kappa shape index (κ2) is 8.53. The van der Waals surface area contributed by atoms with E-state index in [2.05, 4.69) is 10.3 Å². The molecule has 0 spiro atoms. The molecule has 30 heavy (non-hydrogen) atoms. The smallest absolute Gasteiger partial charge is 0.247 e. The number of nitrogens with zero attached hydrogens (tertiary/aromatic N) is 2. The third-order valence-electron chi connectivity index (χ3n) is 5.30. The molecular weight excluding hydrogens is 378 g/mol. The van der Waals surface area contributed by atoms with E-state index in [0.717, 1.165) is 16.7 Å². The van der Waals surface area contributed by atoms with Gasteiger partial charge in [-0.2, -0.15) is 0 Å². The minimum Gasteiger partial charge on any atom is -0.444 e. The van der Waals surface area contributed by atoms with Gasteiger partial charge in [-0.3, -0.25) is 9.59 Å². The maximum absolute atomic E-state index is 13.2. The normalized spacial score (nSPS) is 15.7. The summed E-state index contributed by atoms with van der Waals surface area (Å²) in [4.78, 5) is 31.8. The number of rotatable bonds is 5.